The third-order valence-electron chi connectivity index (χ3n) is 3.33. The normalized spacial score (nSPS) is 26.9. The highest BCUT2D eigenvalue weighted by Crippen LogP contribution is 2.23. The molecule has 0 saturated heterocycles. The Bertz CT molecular complexity index is 244. The lowest BCUT2D eigenvalue weighted by molar-refractivity contribution is -0.139. The minimum atomic E-state index is -0.406. The maximum absolute atomic E-state index is 12.0. The highest BCUT2D eigenvalue weighted by Gasteiger charge is 2.27. The van der Waals surface area contributed by atoms with Crippen LogP contribution in [0.25, 0.3) is 0 Å². The van der Waals surface area contributed by atoms with Crippen molar-refractivity contribution in [2.24, 2.45) is 11.7 Å². The van der Waals surface area contributed by atoms with Gasteiger partial charge in [0.05, 0.1) is 6.04 Å². The summed E-state index contributed by atoms with van der Waals surface area (Å²) in [7, 11) is 3.13. The Morgan fingerprint density at radius 2 is 2.00 bits per heavy atom. The predicted molar refractivity (Wildman–Crippen MR) is 65.3 cm³/mol. The van der Waals surface area contributed by atoms with Crippen molar-refractivity contribution in [1.29, 1.82) is 0 Å². The molecule has 100 valence electrons. The first-order valence-electron chi connectivity index (χ1n) is 6.20. The molecule has 1 rings (SSSR count). The third kappa shape index (κ3) is 4.26. The minimum Gasteiger partial charge on any atom is -0.354 e. The summed E-state index contributed by atoms with van der Waals surface area (Å²) in [5, 5.41) is 2.93. The van der Waals surface area contributed by atoms with E-state index in [0.29, 0.717) is 0 Å². The lowest BCUT2D eigenvalue weighted by Crippen LogP contribution is -2.46. The van der Waals surface area contributed by atoms with Gasteiger partial charge in [0.15, 0.2) is 6.29 Å². The molecular formula is C12H24N2O3. The van der Waals surface area contributed by atoms with E-state index in [9.17, 15) is 4.79 Å². The lowest BCUT2D eigenvalue weighted by atomic mass is 9.85. The van der Waals surface area contributed by atoms with Gasteiger partial charge in [0.25, 0.3) is 0 Å². The molecule has 1 aliphatic carbocycles. The number of hydrogen-bond acceptors (Lipinski definition) is 4. The molecule has 0 aromatic carbocycles. The SMILES string of the molecule is COC(OC)C(C)NC(=O)C1CCCC(N)C1. The summed E-state index contributed by atoms with van der Waals surface area (Å²) in [6, 6.07) is 0.00565. The molecule has 17 heavy (non-hydrogen) atoms. The molecule has 3 atom stereocenters. The largest absolute Gasteiger partial charge is 0.354 e. The average Bonchev–Trinajstić information content (AvgIpc) is 2.30. The Balaban J connectivity index is 2.42. The molecule has 1 saturated carbocycles. The van der Waals surface area contributed by atoms with Crippen LogP contribution in [0.3, 0.4) is 0 Å². The molecule has 0 heterocycles. The summed E-state index contributed by atoms with van der Waals surface area (Å²) < 4.78 is 10.2. The standard InChI is InChI=1S/C12H24N2O3/c1-8(12(16-2)17-3)14-11(15)9-5-4-6-10(13)7-9/h8-10,12H,4-7,13H2,1-3H3,(H,14,15). The molecule has 1 aliphatic rings. The van der Waals surface area contributed by atoms with Crippen molar-refractivity contribution in [1.82, 2.24) is 5.32 Å². The third-order valence-corrected chi connectivity index (χ3v) is 3.33. The fraction of sp³-hybridized carbons (Fsp3) is 0.917. The van der Waals surface area contributed by atoms with E-state index < -0.39 is 6.29 Å². The second kappa shape index (κ2) is 6.93. The van der Waals surface area contributed by atoms with Crippen LogP contribution in [0.5, 0.6) is 0 Å². The van der Waals surface area contributed by atoms with E-state index in [0.717, 1.165) is 25.7 Å². The van der Waals surface area contributed by atoms with Gasteiger partial charge in [-0.15, -0.1) is 0 Å². The van der Waals surface area contributed by atoms with Crippen LogP contribution in [0.4, 0.5) is 0 Å². The number of ether oxygens (including phenoxy) is 2. The van der Waals surface area contributed by atoms with Gasteiger partial charge in [0, 0.05) is 26.2 Å². The molecule has 0 aromatic heterocycles. The molecule has 5 nitrogen and oxygen atoms in total. The summed E-state index contributed by atoms with van der Waals surface area (Å²) >= 11 is 0. The van der Waals surface area contributed by atoms with Gasteiger partial charge in [-0.25, -0.2) is 0 Å². The van der Waals surface area contributed by atoms with Gasteiger partial charge in [-0.1, -0.05) is 6.42 Å². The highest BCUT2D eigenvalue weighted by molar-refractivity contribution is 5.79. The predicted octanol–water partition coefficient (Wildman–Crippen LogP) is 0.628. The van der Waals surface area contributed by atoms with Gasteiger partial charge < -0.3 is 20.5 Å². The van der Waals surface area contributed by atoms with E-state index in [-0.39, 0.29) is 23.9 Å². The fourth-order valence-corrected chi connectivity index (χ4v) is 2.38. The van der Waals surface area contributed by atoms with Gasteiger partial charge >= 0.3 is 0 Å². The molecule has 0 aliphatic heterocycles. The van der Waals surface area contributed by atoms with Gasteiger partial charge in [0.2, 0.25) is 5.91 Å². The van der Waals surface area contributed by atoms with E-state index in [1.165, 1.54) is 0 Å². The van der Waals surface area contributed by atoms with Gasteiger partial charge in [-0.2, -0.15) is 0 Å². The van der Waals surface area contributed by atoms with Crippen LogP contribution in [0.2, 0.25) is 0 Å². The van der Waals surface area contributed by atoms with Crippen LogP contribution < -0.4 is 11.1 Å². The molecule has 1 amide bonds. The smallest absolute Gasteiger partial charge is 0.223 e. The first-order valence-corrected chi connectivity index (χ1v) is 6.20. The van der Waals surface area contributed by atoms with Crippen LogP contribution in [-0.4, -0.2) is 38.5 Å². The van der Waals surface area contributed by atoms with E-state index in [2.05, 4.69) is 5.32 Å². The quantitative estimate of drug-likeness (QED) is 0.696. The molecular weight excluding hydrogens is 220 g/mol. The first kappa shape index (κ1) is 14.4. The Labute approximate surface area is 103 Å². The highest BCUT2D eigenvalue weighted by atomic mass is 16.7. The fourth-order valence-electron chi connectivity index (χ4n) is 2.38. The Morgan fingerprint density at radius 3 is 2.53 bits per heavy atom. The maximum atomic E-state index is 12.0. The van der Waals surface area contributed by atoms with Crippen molar-refractivity contribution >= 4 is 5.91 Å². The second-order valence-electron chi connectivity index (χ2n) is 4.76. The van der Waals surface area contributed by atoms with Gasteiger partial charge in [-0.3, -0.25) is 4.79 Å². The summed E-state index contributed by atoms with van der Waals surface area (Å²) in [6.45, 7) is 1.87. The van der Waals surface area contributed by atoms with Crippen LogP contribution in [0.1, 0.15) is 32.6 Å². The second-order valence-corrected chi connectivity index (χ2v) is 4.76. The number of nitrogens with one attached hydrogen (secondary N) is 1. The monoisotopic (exact) mass is 244 g/mol. The zero-order valence-corrected chi connectivity index (χ0v) is 10.9. The summed E-state index contributed by atoms with van der Waals surface area (Å²) in [4.78, 5) is 12.0. The Kier molecular flexibility index (Phi) is 5.88. The van der Waals surface area contributed by atoms with Crippen LogP contribution >= 0.6 is 0 Å². The number of hydrogen-bond donors (Lipinski definition) is 2. The van der Waals surface area contributed by atoms with Crippen LogP contribution in [-0.2, 0) is 14.3 Å². The molecule has 3 N–H and O–H groups in total. The van der Waals surface area contributed by atoms with Crippen molar-refractivity contribution in [3.8, 4) is 0 Å². The van der Waals surface area contributed by atoms with E-state index >= 15 is 0 Å². The molecule has 1 fully saturated rings. The number of rotatable bonds is 5. The van der Waals surface area contributed by atoms with Gasteiger partial charge in [0.1, 0.15) is 0 Å². The van der Waals surface area contributed by atoms with Crippen molar-refractivity contribution in [2.45, 2.75) is 51.0 Å². The molecule has 5 heteroatoms. The zero-order valence-electron chi connectivity index (χ0n) is 10.9. The molecule has 0 spiro atoms. The molecule has 0 aromatic rings. The van der Waals surface area contributed by atoms with Crippen molar-refractivity contribution in [2.75, 3.05) is 14.2 Å². The molecule has 3 unspecified atom stereocenters. The van der Waals surface area contributed by atoms with Crippen molar-refractivity contribution in [3.05, 3.63) is 0 Å². The van der Waals surface area contributed by atoms with Crippen LogP contribution in [0, 0.1) is 5.92 Å². The number of carbonyl (C=O) groups is 1. The van der Waals surface area contributed by atoms with E-state index in [1.807, 2.05) is 6.92 Å². The van der Waals surface area contributed by atoms with Gasteiger partial charge in [-0.05, 0) is 26.2 Å². The number of nitrogens with two attached hydrogens (primary N) is 1. The summed E-state index contributed by atoms with van der Waals surface area (Å²) in [5.74, 6) is 0.0994. The Hall–Kier alpha value is -0.650. The van der Waals surface area contributed by atoms with E-state index in [1.54, 1.807) is 14.2 Å². The first-order chi connectivity index (χ1) is 8.08. The zero-order chi connectivity index (χ0) is 12.8. The Morgan fingerprint density at radius 1 is 1.35 bits per heavy atom. The van der Waals surface area contributed by atoms with Crippen LogP contribution in [0.15, 0.2) is 0 Å². The number of carbonyl (C=O) groups excluding carboxylic acids is 1. The molecule has 0 radical (unpaired) electrons. The molecule has 0 bridgehead atoms. The average molecular weight is 244 g/mol. The number of methoxy groups -OCH3 is 2. The summed E-state index contributed by atoms with van der Waals surface area (Å²) in [5.41, 5.74) is 5.88. The topological polar surface area (TPSA) is 73.6 Å². The van der Waals surface area contributed by atoms with Crippen molar-refractivity contribution < 1.29 is 14.3 Å². The lowest BCUT2D eigenvalue weighted by Gasteiger charge is -2.28. The van der Waals surface area contributed by atoms with Crippen molar-refractivity contribution in [3.63, 3.8) is 0 Å². The number of amides is 1. The summed E-state index contributed by atoms with van der Waals surface area (Å²) in [6.07, 6.45) is 3.36. The minimum absolute atomic E-state index is 0.0376. The van der Waals surface area contributed by atoms with E-state index in [4.69, 9.17) is 15.2 Å². The maximum Gasteiger partial charge on any atom is 0.223 e.